The second kappa shape index (κ2) is 4.42. The maximum absolute atomic E-state index is 11.9. The molecular formula is C10H11Cl2NOS. The van der Waals surface area contributed by atoms with Gasteiger partial charge in [-0.3, -0.25) is 4.21 Å². The van der Waals surface area contributed by atoms with E-state index in [9.17, 15) is 4.21 Å². The van der Waals surface area contributed by atoms with Crippen molar-refractivity contribution in [1.29, 1.82) is 0 Å². The summed E-state index contributed by atoms with van der Waals surface area (Å²) in [5.74, 6) is 0.612. The lowest BCUT2D eigenvalue weighted by Crippen LogP contribution is -2.11. The lowest BCUT2D eigenvalue weighted by Gasteiger charge is -2.14. The third-order valence-corrected chi connectivity index (χ3v) is 4.85. The van der Waals surface area contributed by atoms with Crippen molar-refractivity contribution in [3.8, 4) is 0 Å². The van der Waals surface area contributed by atoms with Gasteiger partial charge < -0.3 is 5.73 Å². The first-order chi connectivity index (χ1) is 7.11. The molecule has 0 saturated carbocycles. The monoisotopic (exact) mass is 263 g/mol. The molecule has 2 unspecified atom stereocenters. The lowest BCUT2D eigenvalue weighted by atomic mass is 10.0. The molecule has 15 heavy (non-hydrogen) atoms. The molecule has 0 aliphatic carbocycles. The van der Waals surface area contributed by atoms with E-state index >= 15 is 0 Å². The molecule has 0 spiro atoms. The van der Waals surface area contributed by atoms with Crippen molar-refractivity contribution in [1.82, 2.24) is 0 Å². The van der Waals surface area contributed by atoms with Gasteiger partial charge in [0.1, 0.15) is 0 Å². The van der Waals surface area contributed by atoms with Gasteiger partial charge in [0.15, 0.2) is 0 Å². The van der Waals surface area contributed by atoms with Crippen molar-refractivity contribution < 1.29 is 4.21 Å². The maximum atomic E-state index is 11.9. The first kappa shape index (κ1) is 11.4. The molecule has 0 bridgehead atoms. The summed E-state index contributed by atoms with van der Waals surface area (Å²) >= 11 is 12.1. The summed E-state index contributed by atoms with van der Waals surface area (Å²) in [7, 11) is -1.07. The Bertz CT molecular complexity index is 422. The van der Waals surface area contributed by atoms with Crippen molar-refractivity contribution >= 4 is 34.0 Å². The highest BCUT2D eigenvalue weighted by Gasteiger charge is 2.24. The summed E-state index contributed by atoms with van der Waals surface area (Å²) in [5.41, 5.74) is 6.76. The number of rotatable bonds is 0. The zero-order valence-electron chi connectivity index (χ0n) is 8.00. The molecule has 0 amide bonds. The minimum absolute atomic E-state index is 0.155. The van der Waals surface area contributed by atoms with Crippen LogP contribution in [0, 0.1) is 0 Å². The zero-order chi connectivity index (χ0) is 11.0. The Morgan fingerprint density at radius 2 is 2.00 bits per heavy atom. The van der Waals surface area contributed by atoms with Crippen LogP contribution in [-0.2, 0) is 10.8 Å². The molecule has 2 nitrogen and oxygen atoms in total. The molecule has 0 fully saturated rings. The van der Waals surface area contributed by atoms with Gasteiger partial charge in [-0.2, -0.15) is 0 Å². The summed E-state index contributed by atoms with van der Waals surface area (Å²) in [6.45, 7) is 0. The maximum Gasteiger partial charge on any atom is 0.0636 e. The lowest BCUT2D eigenvalue weighted by molar-refractivity contribution is 0.639. The first-order valence-electron chi connectivity index (χ1n) is 4.73. The second-order valence-corrected chi connectivity index (χ2v) is 5.89. The van der Waals surface area contributed by atoms with Gasteiger partial charge in [-0.05, 0) is 25.0 Å². The largest absolute Gasteiger partial charge is 0.324 e. The average Bonchev–Trinajstić information content (AvgIpc) is 2.33. The molecule has 1 aliphatic heterocycles. The summed E-state index contributed by atoms with van der Waals surface area (Å²) < 4.78 is 11.9. The highest BCUT2D eigenvalue weighted by Crippen LogP contribution is 2.37. The summed E-state index contributed by atoms with van der Waals surface area (Å²) in [5, 5.41) is 1.07. The van der Waals surface area contributed by atoms with Crippen LogP contribution in [0.1, 0.15) is 24.4 Å². The molecular weight excluding hydrogens is 253 g/mol. The van der Waals surface area contributed by atoms with Crippen LogP contribution in [0.25, 0.3) is 0 Å². The average molecular weight is 264 g/mol. The predicted octanol–water partition coefficient (Wildman–Crippen LogP) is 2.89. The van der Waals surface area contributed by atoms with E-state index in [0.717, 1.165) is 18.4 Å². The van der Waals surface area contributed by atoms with E-state index in [1.165, 1.54) is 0 Å². The molecule has 1 aromatic rings. The van der Waals surface area contributed by atoms with Crippen molar-refractivity contribution in [2.45, 2.75) is 23.8 Å². The molecule has 1 heterocycles. The van der Waals surface area contributed by atoms with Crippen molar-refractivity contribution in [2.75, 3.05) is 5.75 Å². The van der Waals surface area contributed by atoms with Crippen LogP contribution in [0.2, 0.25) is 10.0 Å². The Morgan fingerprint density at radius 1 is 1.33 bits per heavy atom. The van der Waals surface area contributed by atoms with Gasteiger partial charge in [-0.25, -0.2) is 0 Å². The number of benzene rings is 1. The minimum Gasteiger partial charge on any atom is -0.324 e. The van der Waals surface area contributed by atoms with Crippen LogP contribution in [0.3, 0.4) is 0 Å². The number of halogens is 2. The van der Waals surface area contributed by atoms with E-state index < -0.39 is 10.8 Å². The fraction of sp³-hybridized carbons (Fsp3) is 0.400. The van der Waals surface area contributed by atoms with Crippen molar-refractivity contribution in [3.63, 3.8) is 0 Å². The van der Waals surface area contributed by atoms with Gasteiger partial charge >= 0.3 is 0 Å². The smallest absolute Gasteiger partial charge is 0.0636 e. The summed E-state index contributed by atoms with van der Waals surface area (Å²) in [6, 6.07) is 3.24. The third-order valence-electron chi connectivity index (χ3n) is 2.54. The molecule has 0 saturated heterocycles. The summed E-state index contributed by atoms with van der Waals surface area (Å²) in [4.78, 5) is 0.633. The minimum atomic E-state index is -1.07. The molecule has 2 N–H and O–H groups in total. The van der Waals surface area contributed by atoms with Gasteiger partial charge in [0.2, 0.25) is 0 Å². The van der Waals surface area contributed by atoms with E-state index in [-0.39, 0.29) is 6.04 Å². The fourth-order valence-corrected chi connectivity index (χ4v) is 4.01. The Balaban J connectivity index is 2.68. The van der Waals surface area contributed by atoms with Crippen LogP contribution in [0.4, 0.5) is 0 Å². The van der Waals surface area contributed by atoms with E-state index in [1.54, 1.807) is 12.1 Å². The van der Waals surface area contributed by atoms with Gasteiger partial charge in [-0.1, -0.05) is 23.2 Å². The summed E-state index contributed by atoms with van der Waals surface area (Å²) in [6.07, 6.45) is 1.65. The zero-order valence-corrected chi connectivity index (χ0v) is 10.3. The SMILES string of the molecule is NC1CCCS(=O)c2c(Cl)ccc(Cl)c21. The second-order valence-electron chi connectivity index (χ2n) is 3.57. The normalized spacial score (nSPS) is 25.8. The predicted molar refractivity (Wildman–Crippen MR) is 63.9 cm³/mol. The topological polar surface area (TPSA) is 43.1 Å². The molecule has 1 aromatic carbocycles. The van der Waals surface area contributed by atoms with Crippen LogP contribution >= 0.6 is 23.2 Å². The standard InChI is InChI=1S/C10H11Cl2NOS/c11-6-3-4-7(12)10-9(6)8(13)2-1-5-15(10)14/h3-4,8H,1-2,5,13H2. The molecule has 0 radical (unpaired) electrons. The van der Waals surface area contributed by atoms with Crippen LogP contribution in [0.5, 0.6) is 0 Å². The number of nitrogens with two attached hydrogens (primary N) is 1. The van der Waals surface area contributed by atoms with Crippen LogP contribution in [0.15, 0.2) is 17.0 Å². The Hall–Kier alpha value is -0.0900. The first-order valence-corrected chi connectivity index (χ1v) is 6.80. The highest BCUT2D eigenvalue weighted by molar-refractivity contribution is 7.85. The molecule has 2 atom stereocenters. The van der Waals surface area contributed by atoms with Crippen LogP contribution in [-0.4, -0.2) is 9.96 Å². The van der Waals surface area contributed by atoms with E-state index in [4.69, 9.17) is 28.9 Å². The van der Waals surface area contributed by atoms with Gasteiger partial charge in [-0.15, -0.1) is 0 Å². The highest BCUT2D eigenvalue weighted by atomic mass is 35.5. The Kier molecular flexibility index (Phi) is 3.36. The van der Waals surface area contributed by atoms with Crippen molar-refractivity contribution in [2.24, 2.45) is 5.73 Å². The number of hydrogen-bond acceptors (Lipinski definition) is 2. The number of hydrogen-bond donors (Lipinski definition) is 1. The van der Waals surface area contributed by atoms with Gasteiger partial charge in [0.05, 0.1) is 20.7 Å². The van der Waals surface area contributed by atoms with E-state index in [0.29, 0.717) is 20.7 Å². The van der Waals surface area contributed by atoms with E-state index in [1.807, 2.05) is 0 Å². The Labute approximate surface area is 101 Å². The molecule has 82 valence electrons. The van der Waals surface area contributed by atoms with E-state index in [2.05, 4.69) is 0 Å². The third kappa shape index (κ3) is 2.07. The molecule has 1 aliphatic rings. The van der Waals surface area contributed by atoms with Crippen molar-refractivity contribution in [3.05, 3.63) is 27.7 Å². The number of fused-ring (bicyclic) bond motifs is 1. The molecule has 5 heteroatoms. The van der Waals surface area contributed by atoms with Gasteiger partial charge in [0, 0.05) is 22.4 Å². The molecule has 0 aromatic heterocycles. The Morgan fingerprint density at radius 3 is 2.73 bits per heavy atom. The van der Waals surface area contributed by atoms with Crippen LogP contribution < -0.4 is 5.73 Å². The fourth-order valence-electron chi connectivity index (χ4n) is 1.81. The van der Waals surface area contributed by atoms with Gasteiger partial charge in [0.25, 0.3) is 0 Å². The quantitative estimate of drug-likeness (QED) is 0.783. The molecule has 2 rings (SSSR count).